The maximum absolute atomic E-state index is 12.3. The number of amides is 1. The number of aryl methyl sites for hydroxylation is 1. The van der Waals surface area contributed by atoms with E-state index in [1.807, 2.05) is 29.2 Å². The molecule has 0 spiro atoms. The molecule has 0 radical (unpaired) electrons. The van der Waals surface area contributed by atoms with Crippen molar-refractivity contribution < 1.29 is 4.79 Å². The Bertz CT molecular complexity index is 432. The molecular formula is C15H23ClN2O. The van der Waals surface area contributed by atoms with E-state index in [9.17, 15) is 4.79 Å². The number of hydrogen-bond donors (Lipinski definition) is 1. The number of carbonyl (C=O) groups is 1. The van der Waals surface area contributed by atoms with Crippen LogP contribution in [0.5, 0.6) is 0 Å². The fraction of sp³-hybridized carbons (Fsp3) is 0.533. The number of rotatable bonds is 3. The van der Waals surface area contributed by atoms with E-state index in [2.05, 4.69) is 13.8 Å². The van der Waals surface area contributed by atoms with Gasteiger partial charge >= 0.3 is 0 Å². The van der Waals surface area contributed by atoms with E-state index < -0.39 is 0 Å². The van der Waals surface area contributed by atoms with Crippen LogP contribution in [0, 0.1) is 5.41 Å². The molecule has 1 atom stereocenters. The fourth-order valence-corrected chi connectivity index (χ4v) is 2.43. The molecule has 3 nitrogen and oxygen atoms in total. The molecule has 1 heterocycles. The normalized spacial score (nSPS) is 22.2. The molecule has 0 bridgehead atoms. The lowest BCUT2D eigenvalue weighted by molar-refractivity contribution is 0.0777. The number of halogens is 1. The molecule has 1 aliphatic heterocycles. The Morgan fingerprint density at radius 1 is 1.37 bits per heavy atom. The minimum atomic E-state index is 0. The summed E-state index contributed by atoms with van der Waals surface area (Å²) in [6.07, 6.45) is 2.01. The Kier molecular flexibility index (Phi) is 5.39. The van der Waals surface area contributed by atoms with E-state index >= 15 is 0 Å². The van der Waals surface area contributed by atoms with Gasteiger partial charge in [0, 0.05) is 18.7 Å². The van der Waals surface area contributed by atoms with Gasteiger partial charge in [-0.1, -0.05) is 26.0 Å². The second-order valence-corrected chi connectivity index (χ2v) is 5.54. The van der Waals surface area contributed by atoms with Gasteiger partial charge in [0.25, 0.3) is 5.91 Å². The lowest BCUT2D eigenvalue weighted by Gasteiger charge is -2.22. The van der Waals surface area contributed by atoms with Crippen LogP contribution < -0.4 is 5.73 Å². The zero-order valence-electron chi connectivity index (χ0n) is 11.7. The maximum atomic E-state index is 12.3. The summed E-state index contributed by atoms with van der Waals surface area (Å²) >= 11 is 0. The van der Waals surface area contributed by atoms with E-state index in [0.29, 0.717) is 6.54 Å². The van der Waals surface area contributed by atoms with Crippen molar-refractivity contribution in [2.75, 3.05) is 19.6 Å². The van der Waals surface area contributed by atoms with Gasteiger partial charge in [0.05, 0.1) is 0 Å². The maximum Gasteiger partial charge on any atom is 0.253 e. The number of hydrogen-bond acceptors (Lipinski definition) is 2. The van der Waals surface area contributed by atoms with Crippen molar-refractivity contribution in [2.24, 2.45) is 11.1 Å². The number of benzene rings is 1. The summed E-state index contributed by atoms with van der Waals surface area (Å²) in [6.45, 7) is 6.51. The lowest BCUT2D eigenvalue weighted by atomic mass is 9.90. The van der Waals surface area contributed by atoms with Crippen LogP contribution in [0.4, 0.5) is 0 Å². The predicted molar refractivity (Wildman–Crippen MR) is 80.7 cm³/mol. The zero-order chi connectivity index (χ0) is 13.2. The van der Waals surface area contributed by atoms with Crippen molar-refractivity contribution in [3.63, 3.8) is 0 Å². The molecule has 0 aliphatic carbocycles. The largest absolute Gasteiger partial charge is 0.338 e. The van der Waals surface area contributed by atoms with Crippen molar-refractivity contribution in [3.05, 3.63) is 35.4 Å². The van der Waals surface area contributed by atoms with Gasteiger partial charge in [-0.25, -0.2) is 0 Å². The fourth-order valence-electron chi connectivity index (χ4n) is 2.43. The van der Waals surface area contributed by atoms with Gasteiger partial charge in [0.1, 0.15) is 0 Å². The van der Waals surface area contributed by atoms with Gasteiger partial charge in [-0.15, -0.1) is 12.4 Å². The molecule has 1 aliphatic rings. The molecule has 1 aromatic rings. The number of likely N-dealkylation sites (tertiary alicyclic amines) is 1. The first-order valence-corrected chi connectivity index (χ1v) is 6.66. The van der Waals surface area contributed by atoms with Gasteiger partial charge in [0.2, 0.25) is 0 Å². The molecule has 0 saturated carbocycles. The summed E-state index contributed by atoms with van der Waals surface area (Å²) in [5.41, 5.74) is 7.91. The van der Waals surface area contributed by atoms with Crippen LogP contribution in [0.2, 0.25) is 0 Å². The van der Waals surface area contributed by atoms with E-state index in [1.54, 1.807) is 0 Å². The summed E-state index contributed by atoms with van der Waals surface area (Å²) in [7, 11) is 0. The quantitative estimate of drug-likeness (QED) is 0.926. The van der Waals surface area contributed by atoms with Crippen LogP contribution >= 0.6 is 12.4 Å². The summed E-state index contributed by atoms with van der Waals surface area (Å²) in [5.74, 6) is 0.134. The zero-order valence-corrected chi connectivity index (χ0v) is 12.5. The van der Waals surface area contributed by atoms with Gasteiger partial charge in [-0.2, -0.15) is 0 Å². The van der Waals surface area contributed by atoms with Crippen LogP contribution in [0.1, 0.15) is 36.2 Å². The molecule has 4 heteroatoms. The highest BCUT2D eigenvalue weighted by molar-refractivity contribution is 5.94. The van der Waals surface area contributed by atoms with Crippen molar-refractivity contribution in [3.8, 4) is 0 Å². The highest BCUT2D eigenvalue weighted by Crippen LogP contribution is 2.29. The Labute approximate surface area is 121 Å². The first-order valence-electron chi connectivity index (χ1n) is 6.66. The van der Waals surface area contributed by atoms with Crippen molar-refractivity contribution in [1.29, 1.82) is 0 Å². The van der Waals surface area contributed by atoms with E-state index in [1.165, 1.54) is 5.56 Å². The van der Waals surface area contributed by atoms with Crippen LogP contribution in [0.15, 0.2) is 24.3 Å². The van der Waals surface area contributed by atoms with Gasteiger partial charge in [-0.05, 0) is 42.5 Å². The third kappa shape index (κ3) is 3.48. The second kappa shape index (κ2) is 6.40. The van der Waals surface area contributed by atoms with Crippen LogP contribution in [-0.2, 0) is 6.42 Å². The summed E-state index contributed by atoms with van der Waals surface area (Å²) in [4.78, 5) is 14.3. The molecule has 19 heavy (non-hydrogen) atoms. The summed E-state index contributed by atoms with van der Waals surface area (Å²) < 4.78 is 0. The van der Waals surface area contributed by atoms with Crippen molar-refractivity contribution >= 4 is 18.3 Å². The molecule has 1 saturated heterocycles. The van der Waals surface area contributed by atoms with Gasteiger partial charge < -0.3 is 10.6 Å². The molecule has 1 aromatic carbocycles. The second-order valence-electron chi connectivity index (χ2n) is 5.54. The van der Waals surface area contributed by atoms with Crippen LogP contribution in [0.25, 0.3) is 0 Å². The SMILES string of the molecule is CCc1ccc(C(=O)N2CCC(C)(CN)C2)cc1.Cl. The first-order chi connectivity index (χ1) is 8.58. The van der Waals surface area contributed by atoms with Gasteiger partial charge in [0.15, 0.2) is 0 Å². The van der Waals surface area contributed by atoms with Crippen LogP contribution in [0.3, 0.4) is 0 Å². The molecule has 0 aromatic heterocycles. The third-order valence-corrected chi connectivity index (χ3v) is 3.95. The van der Waals surface area contributed by atoms with E-state index in [0.717, 1.165) is 31.5 Å². The molecule has 2 rings (SSSR count). The van der Waals surface area contributed by atoms with Crippen molar-refractivity contribution in [1.82, 2.24) is 4.90 Å². The van der Waals surface area contributed by atoms with E-state index in [4.69, 9.17) is 5.73 Å². The summed E-state index contributed by atoms with van der Waals surface area (Å²) in [5, 5.41) is 0. The summed E-state index contributed by atoms with van der Waals surface area (Å²) in [6, 6.07) is 7.93. The highest BCUT2D eigenvalue weighted by atomic mass is 35.5. The average molecular weight is 283 g/mol. The highest BCUT2D eigenvalue weighted by Gasteiger charge is 2.35. The Balaban J connectivity index is 0.00000180. The number of carbonyl (C=O) groups excluding carboxylic acids is 1. The topological polar surface area (TPSA) is 46.3 Å². The number of nitrogens with zero attached hydrogens (tertiary/aromatic N) is 1. The molecule has 106 valence electrons. The minimum absolute atomic E-state index is 0. The molecule has 1 unspecified atom stereocenters. The smallest absolute Gasteiger partial charge is 0.253 e. The molecule has 2 N–H and O–H groups in total. The standard InChI is InChI=1S/C15H22N2O.ClH/c1-3-12-4-6-13(7-5-12)14(18)17-9-8-15(2,10-16)11-17;/h4-7H,3,8-11,16H2,1-2H3;1H. The lowest BCUT2D eigenvalue weighted by Crippen LogP contribution is -2.34. The van der Waals surface area contributed by atoms with Crippen LogP contribution in [-0.4, -0.2) is 30.4 Å². The first kappa shape index (κ1) is 16.0. The minimum Gasteiger partial charge on any atom is -0.338 e. The van der Waals surface area contributed by atoms with Crippen molar-refractivity contribution in [2.45, 2.75) is 26.7 Å². The Morgan fingerprint density at radius 2 is 2.00 bits per heavy atom. The van der Waals surface area contributed by atoms with E-state index in [-0.39, 0.29) is 23.7 Å². The third-order valence-electron chi connectivity index (χ3n) is 3.95. The Morgan fingerprint density at radius 3 is 2.47 bits per heavy atom. The molecule has 1 amide bonds. The Hall–Kier alpha value is -1.06. The average Bonchev–Trinajstić information content (AvgIpc) is 2.81. The monoisotopic (exact) mass is 282 g/mol. The predicted octanol–water partition coefficient (Wildman–Crippen LogP) is 2.48. The number of nitrogens with two attached hydrogens (primary N) is 1. The molecule has 1 fully saturated rings. The van der Waals surface area contributed by atoms with Gasteiger partial charge in [-0.3, -0.25) is 4.79 Å². The molecular weight excluding hydrogens is 260 g/mol.